The highest BCUT2D eigenvalue weighted by atomic mass is 16.5. The Kier molecular flexibility index (Phi) is 4.44. The fourth-order valence-electron chi connectivity index (χ4n) is 2.85. The van der Waals surface area contributed by atoms with Crippen LogP contribution in [0.25, 0.3) is 0 Å². The monoisotopic (exact) mass is 281 g/mol. The fraction of sp³-hybridized carbons (Fsp3) is 0.368. The summed E-state index contributed by atoms with van der Waals surface area (Å²) in [6.07, 6.45) is 4.81. The van der Waals surface area contributed by atoms with Gasteiger partial charge in [0.15, 0.2) is 0 Å². The summed E-state index contributed by atoms with van der Waals surface area (Å²) in [5.74, 6) is 0.963. The highest BCUT2D eigenvalue weighted by molar-refractivity contribution is 5.50. The van der Waals surface area contributed by atoms with E-state index in [9.17, 15) is 0 Å². The molecule has 0 saturated carbocycles. The van der Waals surface area contributed by atoms with Gasteiger partial charge in [-0.1, -0.05) is 25.1 Å². The number of nitrogens with one attached hydrogen (secondary N) is 1. The summed E-state index contributed by atoms with van der Waals surface area (Å²) in [4.78, 5) is 0. The van der Waals surface area contributed by atoms with Gasteiger partial charge in [0.2, 0.25) is 0 Å². The fourth-order valence-corrected chi connectivity index (χ4v) is 2.85. The van der Waals surface area contributed by atoms with E-state index in [0.29, 0.717) is 0 Å². The Hall–Kier alpha value is -1.96. The molecule has 2 aromatic carbocycles. The Bertz CT molecular complexity index is 606. The molecule has 0 fully saturated rings. The molecule has 3 rings (SSSR count). The SMILES string of the molecule is CCCOc1cccc(CNc2ccc3c(c2)CCC3)c1. The van der Waals surface area contributed by atoms with Crippen molar-refractivity contribution in [2.45, 2.75) is 39.2 Å². The Morgan fingerprint density at radius 1 is 1.05 bits per heavy atom. The molecule has 0 bridgehead atoms. The minimum absolute atomic E-state index is 0.779. The first kappa shape index (κ1) is 14.0. The zero-order chi connectivity index (χ0) is 14.5. The van der Waals surface area contributed by atoms with Gasteiger partial charge in [-0.25, -0.2) is 0 Å². The molecule has 0 amide bonds. The number of fused-ring (bicyclic) bond motifs is 1. The van der Waals surface area contributed by atoms with Crippen molar-refractivity contribution in [3.63, 3.8) is 0 Å². The lowest BCUT2D eigenvalue weighted by Gasteiger charge is -2.10. The van der Waals surface area contributed by atoms with Crippen LogP contribution >= 0.6 is 0 Å². The Balaban J connectivity index is 1.62. The van der Waals surface area contributed by atoms with E-state index in [4.69, 9.17) is 4.74 Å². The Morgan fingerprint density at radius 2 is 1.95 bits per heavy atom. The summed E-state index contributed by atoms with van der Waals surface area (Å²) >= 11 is 0. The van der Waals surface area contributed by atoms with Gasteiger partial charge in [0.1, 0.15) is 5.75 Å². The minimum atomic E-state index is 0.779. The second-order valence-electron chi connectivity index (χ2n) is 5.69. The standard InChI is InChI=1S/C19H23NO/c1-2-11-21-19-8-3-5-15(12-19)14-20-18-10-9-16-6-4-7-17(16)13-18/h3,5,8-10,12-13,20H,2,4,6-7,11,14H2,1H3. The van der Waals surface area contributed by atoms with Crippen molar-refractivity contribution in [1.82, 2.24) is 0 Å². The van der Waals surface area contributed by atoms with E-state index < -0.39 is 0 Å². The van der Waals surface area contributed by atoms with Gasteiger partial charge < -0.3 is 10.1 Å². The molecule has 1 aliphatic carbocycles. The zero-order valence-corrected chi connectivity index (χ0v) is 12.7. The largest absolute Gasteiger partial charge is 0.494 e. The van der Waals surface area contributed by atoms with Gasteiger partial charge >= 0.3 is 0 Å². The van der Waals surface area contributed by atoms with Crippen LogP contribution in [0.2, 0.25) is 0 Å². The molecule has 0 aromatic heterocycles. The van der Waals surface area contributed by atoms with Gasteiger partial charge in [0.05, 0.1) is 6.61 Å². The molecule has 0 spiro atoms. The molecule has 0 radical (unpaired) electrons. The van der Waals surface area contributed by atoms with Gasteiger partial charge in [0, 0.05) is 12.2 Å². The maximum absolute atomic E-state index is 5.68. The van der Waals surface area contributed by atoms with Gasteiger partial charge in [-0.3, -0.25) is 0 Å². The first-order valence-corrected chi connectivity index (χ1v) is 7.92. The van der Waals surface area contributed by atoms with Crippen LogP contribution < -0.4 is 10.1 Å². The maximum Gasteiger partial charge on any atom is 0.119 e. The average molecular weight is 281 g/mol. The normalized spacial score (nSPS) is 13.0. The molecule has 2 heteroatoms. The first-order chi connectivity index (χ1) is 10.3. The lowest BCUT2D eigenvalue weighted by atomic mass is 10.1. The van der Waals surface area contributed by atoms with E-state index in [2.05, 4.69) is 48.6 Å². The Morgan fingerprint density at radius 3 is 2.86 bits per heavy atom. The third kappa shape index (κ3) is 3.57. The molecule has 2 nitrogen and oxygen atoms in total. The minimum Gasteiger partial charge on any atom is -0.494 e. The van der Waals surface area contributed by atoms with Crippen LogP contribution in [-0.2, 0) is 19.4 Å². The topological polar surface area (TPSA) is 21.3 Å². The second kappa shape index (κ2) is 6.66. The van der Waals surface area contributed by atoms with Gasteiger partial charge in [0.25, 0.3) is 0 Å². The molecular weight excluding hydrogens is 258 g/mol. The summed E-state index contributed by atoms with van der Waals surface area (Å²) in [5, 5.41) is 3.52. The highest BCUT2D eigenvalue weighted by Gasteiger charge is 2.10. The maximum atomic E-state index is 5.68. The van der Waals surface area contributed by atoms with E-state index in [0.717, 1.165) is 25.3 Å². The van der Waals surface area contributed by atoms with Crippen LogP contribution in [0.4, 0.5) is 5.69 Å². The van der Waals surface area contributed by atoms with E-state index in [1.807, 2.05) is 6.07 Å². The lowest BCUT2D eigenvalue weighted by molar-refractivity contribution is 0.317. The second-order valence-corrected chi connectivity index (χ2v) is 5.69. The predicted octanol–water partition coefficient (Wildman–Crippen LogP) is 4.58. The van der Waals surface area contributed by atoms with E-state index in [1.165, 1.54) is 41.6 Å². The number of anilines is 1. The molecule has 21 heavy (non-hydrogen) atoms. The molecule has 0 atom stereocenters. The van der Waals surface area contributed by atoms with Crippen molar-refractivity contribution < 1.29 is 4.74 Å². The van der Waals surface area contributed by atoms with Crippen LogP contribution in [0, 0.1) is 0 Å². The van der Waals surface area contributed by atoms with Crippen LogP contribution in [0.15, 0.2) is 42.5 Å². The summed E-state index contributed by atoms with van der Waals surface area (Å²) in [6, 6.07) is 15.1. The number of rotatable bonds is 6. The molecular formula is C19H23NO. The summed E-state index contributed by atoms with van der Waals surface area (Å²) in [5.41, 5.74) is 5.51. The molecule has 1 N–H and O–H groups in total. The predicted molar refractivity (Wildman–Crippen MR) is 88.0 cm³/mol. The van der Waals surface area contributed by atoms with Crippen molar-refractivity contribution in [3.8, 4) is 5.75 Å². The number of aryl methyl sites for hydroxylation is 2. The van der Waals surface area contributed by atoms with Crippen molar-refractivity contribution in [3.05, 3.63) is 59.2 Å². The number of hydrogen-bond acceptors (Lipinski definition) is 2. The van der Waals surface area contributed by atoms with Crippen molar-refractivity contribution in [1.29, 1.82) is 0 Å². The smallest absolute Gasteiger partial charge is 0.119 e. The summed E-state index contributed by atoms with van der Waals surface area (Å²) < 4.78 is 5.68. The van der Waals surface area contributed by atoms with Crippen molar-refractivity contribution >= 4 is 5.69 Å². The number of hydrogen-bond donors (Lipinski definition) is 1. The molecule has 110 valence electrons. The third-order valence-electron chi connectivity index (χ3n) is 3.97. The molecule has 0 saturated heterocycles. The number of benzene rings is 2. The quantitative estimate of drug-likeness (QED) is 0.837. The van der Waals surface area contributed by atoms with E-state index in [1.54, 1.807) is 0 Å². The molecule has 1 aliphatic rings. The third-order valence-corrected chi connectivity index (χ3v) is 3.97. The van der Waals surface area contributed by atoms with Gasteiger partial charge in [-0.05, 0) is 66.6 Å². The van der Waals surface area contributed by atoms with Crippen LogP contribution in [0.1, 0.15) is 36.5 Å². The molecule has 2 aromatic rings. The summed E-state index contributed by atoms with van der Waals surface area (Å²) in [7, 11) is 0. The van der Waals surface area contributed by atoms with Crippen molar-refractivity contribution in [2.24, 2.45) is 0 Å². The zero-order valence-electron chi connectivity index (χ0n) is 12.7. The average Bonchev–Trinajstić information content (AvgIpc) is 2.99. The lowest BCUT2D eigenvalue weighted by Crippen LogP contribution is -2.01. The van der Waals surface area contributed by atoms with Crippen LogP contribution in [-0.4, -0.2) is 6.61 Å². The number of ether oxygens (including phenoxy) is 1. The van der Waals surface area contributed by atoms with Crippen LogP contribution in [0.3, 0.4) is 0 Å². The molecule has 0 heterocycles. The molecule has 0 unspecified atom stereocenters. The van der Waals surface area contributed by atoms with Crippen LogP contribution in [0.5, 0.6) is 5.75 Å². The van der Waals surface area contributed by atoms with E-state index >= 15 is 0 Å². The van der Waals surface area contributed by atoms with Gasteiger partial charge in [-0.2, -0.15) is 0 Å². The van der Waals surface area contributed by atoms with E-state index in [-0.39, 0.29) is 0 Å². The van der Waals surface area contributed by atoms with Gasteiger partial charge in [-0.15, -0.1) is 0 Å². The highest BCUT2D eigenvalue weighted by Crippen LogP contribution is 2.25. The van der Waals surface area contributed by atoms with Crippen molar-refractivity contribution in [2.75, 3.05) is 11.9 Å². The first-order valence-electron chi connectivity index (χ1n) is 7.92. The summed E-state index contributed by atoms with van der Waals surface area (Å²) in [6.45, 7) is 3.74. The Labute approximate surface area is 127 Å². The molecule has 0 aliphatic heterocycles.